The van der Waals surface area contributed by atoms with Gasteiger partial charge >= 0.3 is 6.18 Å². The van der Waals surface area contributed by atoms with E-state index in [-0.39, 0.29) is 0 Å². The van der Waals surface area contributed by atoms with Gasteiger partial charge < -0.3 is 4.57 Å². The molecule has 4 rings (SSSR count). The van der Waals surface area contributed by atoms with Gasteiger partial charge in [-0.15, -0.1) is 0 Å². The molecule has 0 saturated carbocycles. The molecule has 0 aliphatic rings. The molecule has 0 unspecified atom stereocenters. The van der Waals surface area contributed by atoms with Crippen molar-refractivity contribution in [2.75, 3.05) is 0 Å². The Bertz CT molecular complexity index is 1060. The van der Waals surface area contributed by atoms with Crippen LogP contribution in [-0.2, 0) is 12.7 Å². The minimum atomic E-state index is -4.31. The molecule has 0 fully saturated rings. The first-order valence-electron chi connectivity index (χ1n) is 7.77. The number of aromatic nitrogens is 1. The molecule has 0 aliphatic carbocycles. The maximum atomic E-state index is 12.8. The minimum Gasteiger partial charge on any atom is -0.335 e. The second-order valence-electron chi connectivity index (χ2n) is 5.93. The van der Waals surface area contributed by atoms with Crippen LogP contribution in [0.4, 0.5) is 13.2 Å². The van der Waals surface area contributed by atoms with Gasteiger partial charge in [0.05, 0.1) is 11.1 Å². The zero-order valence-corrected chi connectivity index (χ0v) is 14.6. The molecular formula is C20H13BrF3N. The highest BCUT2D eigenvalue weighted by Gasteiger charge is 2.29. The summed E-state index contributed by atoms with van der Waals surface area (Å²) in [6.45, 7) is 0.505. The van der Waals surface area contributed by atoms with Crippen molar-refractivity contribution in [3.8, 4) is 0 Å². The monoisotopic (exact) mass is 403 g/mol. The van der Waals surface area contributed by atoms with Crippen LogP contribution < -0.4 is 0 Å². The van der Waals surface area contributed by atoms with Crippen LogP contribution in [0.2, 0.25) is 0 Å². The Morgan fingerprint density at radius 1 is 0.800 bits per heavy atom. The van der Waals surface area contributed by atoms with Crippen molar-refractivity contribution in [1.82, 2.24) is 4.57 Å². The Balaban J connectivity index is 1.86. The van der Waals surface area contributed by atoms with Gasteiger partial charge in [0, 0.05) is 27.3 Å². The lowest BCUT2D eigenvalue weighted by Gasteiger charge is -2.11. The molecular weight excluding hydrogens is 391 g/mol. The number of para-hydroxylation sites is 2. The third kappa shape index (κ3) is 2.82. The van der Waals surface area contributed by atoms with Gasteiger partial charge in [-0.1, -0.05) is 42.5 Å². The molecule has 0 saturated heterocycles. The van der Waals surface area contributed by atoms with Crippen LogP contribution >= 0.6 is 15.9 Å². The number of benzene rings is 3. The Kier molecular flexibility index (Phi) is 3.84. The van der Waals surface area contributed by atoms with E-state index in [1.54, 1.807) is 12.1 Å². The van der Waals surface area contributed by atoms with Gasteiger partial charge in [0.25, 0.3) is 0 Å². The van der Waals surface area contributed by atoms with Crippen molar-refractivity contribution >= 4 is 37.7 Å². The average molecular weight is 404 g/mol. The van der Waals surface area contributed by atoms with Crippen LogP contribution in [0.25, 0.3) is 21.8 Å². The van der Waals surface area contributed by atoms with Crippen molar-refractivity contribution in [3.63, 3.8) is 0 Å². The summed E-state index contributed by atoms with van der Waals surface area (Å²) in [5, 5.41) is 2.25. The van der Waals surface area contributed by atoms with Gasteiger partial charge in [0.2, 0.25) is 0 Å². The summed E-state index contributed by atoms with van der Waals surface area (Å²) in [5.74, 6) is 0. The number of halogens is 4. The lowest BCUT2D eigenvalue weighted by atomic mass is 10.1. The van der Waals surface area contributed by atoms with Crippen molar-refractivity contribution in [2.24, 2.45) is 0 Å². The summed E-state index contributed by atoms with van der Waals surface area (Å²) < 4.78 is 41.4. The highest BCUT2D eigenvalue weighted by Crippen LogP contribution is 2.34. The molecule has 1 aromatic heterocycles. The zero-order chi connectivity index (χ0) is 17.6. The van der Waals surface area contributed by atoms with E-state index in [4.69, 9.17) is 0 Å². The lowest BCUT2D eigenvalue weighted by Crippen LogP contribution is -2.05. The SMILES string of the molecule is FC(F)(F)c1ccc(Cn2c3ccccc3c3cccc(Br)c32)cc1. The Morgan fingerprint density at radius 3 is 2.20 bits per heavy atom. The van der Waals surface area contributed by atoms with Crippen LogP contribution in [0.15, 0.2) is 71.2 Å². The zero-order valence-electron chi connectivity index (χ0n) is 13.0. The number of alkyl halides is 3. The number of fused-ring (bicyclic) bond motifs is 3. The van der Waals surface area contributed by atoms with E-state index in [0.717, 1.165) is 44.0 Å². The van der Waals surface area contributed by atoms with E-state index >= 15 is 0 Å². The van der Waals surface area contributed by atoms with Crippen molar-refractivity contribution in [3.05, 3.63) is 82.3 Å². The minimum absolute atomic E-state index is 0.505. The van der Waals surface area contributed by atoms with Crippen molar-refractivity contribution in [2.45, 2.75) is 12.7 Å². The summed E-state index contributed by atoms with van der Waals surface area (Å²) in [5.41, 5.74) is 2.30. The van der Waals surface area contributed by atoms with Crippen LogP contribution in [0.5, 0.6) is 0 Å². The molecule has 0 spiro atoms. The van der Waals surface area contributed by atoms with Crippen LogP contribution in [0, 0.1) is 0 Å². The molecule has 0 atom stereocenters. The second-order valence-corrected chi connectivity index (χ2v) is 6.79. The molecule has 0 amide bonds. The first-order chi connectivity index (χ1) is 11.9. The molecule has 0 radical (unpaired) electrons. The van der Waals surface area contributed by atoms with Gasteiger partial charge in [-0.3, -0.25) is 0 Å². The van der Waals surface area contributed by atoms with E-state index in [1.807, 2.05) is 30.3 Å². The quantitative estimate of drug-likeness (QED) is 0.354. The lowest BCUT2D eigenvalue weighted by molar-refractivity contribution is -0.137. The number of rotatable bonds is 2. The fourth-order valence-corrected chi connectivity index (χ4v) is 3.79. The first-order valence-corrected chi connectivity index (χ1v) is 8.56. The molecule has 0 bridgehead atoms. The fourth-order valence-electron chi connectivity index (χ4n) is 3.21. The van der Waals surface area contributed by atoms with Crippen molar-refractivity contribution < 1.29 is 13.2 Å². The van der Waals surface area contributed by atoms with E-state index < -0.39 is 11.7 Å². The average Bonchev–Trinajstić information content (AvgIpc) is 2.90. The largest absolute Gasteiger partial charge is 0.416 e. The summed E-state index contributed by atoms with van der Waals surface area (Å²) >= 11 is 3.61. The van der Waals surface area contributed by atoms with E-state index in [2.05, 4.69) is 32.6 Å². The third-order valence-corrected chi connectivity index (χ3v) is 5.00. The van der Waals surface area contributed by atoms with E-state index in [1.165, 1.54) is 0 Å². The smallest absolute Gasteiger partial charge is 0.335 e. The predicted octanol–water partition coefficient (Wildman–Crippen LogP) is 6.62. The predicted molar refractivity (Wildman–Crippen MR) is 97.7 cm³/mol. The second kappa shape index (κ2) is 5.92. The Hall–Kier alpha value is -2.27. The fraction of sp³-hybridized carbons (Fsp3) is 0.100. The van der Waals surface area contributed by atoms with Gasteiger partial charge in [0.15, 0.2) is 0 Å². The molecule has 1 heterocycles. The molecule has 0 aliphatic heterocycles. The molecule has 1 nitrogen and oxygen atoms in total. The van der Waals surface area contributed by atoms with Gasteiger partial charge in [-0.05, 0) is 45.8 Å². The van der Waals surface area contributed by atoms with Gasteiger partial charge in [-0.2, -0.15) is 13.2 Å². The number of nitrogens with zero attached hydrogens (tertiary/aromatic N) is 1. The van der Waals surface area contributed by atoms with E-state index in [9.17, 15) is 13.2 Å². The Labute approximate surface area is 150 Å². The summed E-state index contributed by atoms with van der Waals surface area (Å²) in [6.07, 6.45) is -4.31. The highest BCUT2D eigenvalue weighted by molar-refractivity contribution is 9.10. The summed E-state index contributed by atoms with van der Waals surface area (Å²) in [6, 6.07) is 19.4. The summed E-state index contributed by atoms with van der Waals surface area (Å²) in [4.78, 5) is 0. The molecule has 25 heavy (non-hydrogen) atoms. The first kappa shape index (κ1) is 16.2. The van der Waals surface area contributed by atoms with Gasteiger partial charge in [0.1, 0.15) is 0 Å². The summed E-state index contributed by atoms with van der Waals surface area (Å²) in [7, 11) is 0. The topological polar surface area (TPSA) is 4.93 Å². The molecule has 3 aromatic carbocycles. The van der Waals surface area contributed by atoms with E-state index in [0.29, 0.717) is 6.54 Å². The normalized spacial score (nSPS) is 12.2. The van der Waals surface area contributed by atoms with Crippen LogP contribution in [0.1, 0.15) is 11.1 Å². The molecule has 4 aromatic rings. The van der Waals surface area contributed by atoms with Crippen molar-refractivity contribution in [1.29, 1.82) is 0 Å². The highest BCUT2D eigenvalue weighted by atomic mass is 79.9. The van der Waals surface area contributed by atoms with Crippen LogP contribution in [0.3, 0.4) is 0 Å². The standard InChI is InChI=1S/C20H13BrF3N/c21-17-6-3-5-16-15-4-1-2-7-18(15)25(19(16)17)12-13-8-10-14(11-9-13)20(22,23)24/h1-11H,12H2. The molecule has 0 N–H and O–H groups in total. The van der Waals surface area contributed by atoms with Gasteiger partial charge in [-0.25, -0.2) is 0 Å². The molecule has 126 valence electrons. The molecule has 5 heteroatoms. The number of hydrogen-bond acceptors (Lipinski definition) is 0. The maximum absolute atomic E-state index is 12.8. The third-order valence-electron chi connectivity index (χ3n) is 4.36. The number of hydrogen-bond donors (Lipinski definition) is 0. The van der Waals surface area contributed by atoms with Crippen LogP contribution in [-0.4, -0.2) is 4.57 Å². The Morgan fingerprint density at radius 2 is 1.48 bits per heavy atom. The maximum Gasteiger partial charge on any atom is 0.416 e.